The van der Waals surface area contributed by atoms with Gasteiger partial charge >= 0.3 is 12.1 Å². The summed E-state index contributed by atoms with van der Waals surface area (Å²) in [6.07, 6.45) is -0.655. The molecule has 180 valence electrons. The summed E-state index contributed by atoms with van der Waals surface area (Å²) in [4.78, 5) is 21.6. The van der Waals surface area contributed by atoms with Gasteiger partial charge < -0.3 is 19.9 Å². The van der Waals surface area contributed by atoms with Gasteiger partial charge in [-0.1, -0.05) is 24.3 Å². The molecular weight excluding hydrogens is 455 g/mol. The highest BCUT2D eigenvalue weighted by atomic mass is 19.4. The fourth-order valence-corrected chi connectivity index (χ4v) is 3.32. The van der Waals surface area contributed by atoms with Gasteiger partial charge in [0.1, 0.15) is 11.5 Å². The molecule has 0 radical (unpaired) electrons. The number of nitrogens with zero attached hydrogens (tertiary/aromatic N) is 1. The predicted octanol–water partition coefficient (Wildman–Crippen LogP) is 3.70. The van der Waals surface area contributed by atoms with Crippen LogP contribution in [0.2, 0.25) is 0 Å². The second-order valence-electron chi connectivity index (χ2n) is 7.40. The van der Waals surface area contributed by atoms with Crippen molar-refractivity contribution >= 4 is 11.9 Å². The van der Waals surface area contributed by atoms with Crippen LogP contribution in [0.25, 0.3) is 11.1 Å². The van der Waals surface area contributed by atoms with Crippen LogP contribution in [-0.2, 0) is 11.2 Å². The summed E-state index contributed by atoms with van der Waals surface area (Å²) >= 11 is 0. The number of carboxylic acids is 1. The first-order chi connectivity index (χ1) is 16.2. The van der Waals surface area contributed by atoms with E-state index < -0.39 is 12.1 Å². The van der Waals surface area contributed by atoms with Crippen molar-refractivity contribution in [3.8, 4) is 22.6 Å². The van der Waals surface area contributed by atoms with Crippen molar-refractivity contribution in [1.82, 2.24) is 15.5 Å². The van der Waals surface area contributed by atoms with E-state index in [1.165, 1.54) is 5.56 Å². The van der Waals surface area contributed by atoms with Crippen LogP contribution in [-0.4, -0.2) is 53.6 Å². The van der Waals surface area contributed by atoms with Crippen LogP contribution in [0, 0.1) is 5.92 Å². The first kappa shape index (κ1) is 24.6. The van der Waals surface area contributed by atoms with Crippen LogP contribution in [0.4, 0.5) is 13.2 Å². The number of rotatable bonds is 5. The standard InChI is InChI=1S/C21H21N3O3.C2HF3O2/c1-26-20-9-15(17-11-23-24-12-17)6-7-18(20)21(25)22-10-14-8-16-4-2-3-5-19(16)27-13-14;3-2(4,5)1(6)7/h2-7,9,11-12,14H,8,10,13H2,1H3,(H,22,25)(H,23,24);(H,6,7). The van der Waals surface area contributed by atoms with E-state index in [-0.39, 0.29) is 11.8 Å². The molecule has 1 unspecified atom stereocenters. The highest BCUT2D eigenvalue weighted by Crippen LogP contribution is 2.28. The number of amides is 1. The molecule has 0 bridgehead atoms. The average molecular weight is 477 g/mol. The maximum atomic E-state index is 12.7. The number of benzene rings is 2. The zero-order chi connectivity index (χ0) is 24.7. The van der Waals surface area contributed by atoms with Crippen molar-refractivity contribution in [3.05, 3.63) is 66.0 Å². The van der Waals surface area contributed by atoms with Crippen LogP contribution in [0.15, 0.2) is 54.9 Å². The zero-order valence-electron chi connectivity index (χ0n) is 18.1. The van der Waals surface area contributed by atoms with Gasteiger partial charge in [0, 0.05) is 24.2 Å². The van der Waals surface area contributed by atoms with Gasteiger partial charge in [0.05, 0.1) is 25.5 Å². The van der Waals surface area contributed by atoms with Crippen LogP contribution in [0.1, 0.15) is 15.9 Å². The lowest BCUT2D eigenvalue weighted by atomic mass is 9.96. The van der Waals surface area contributed by atoms with E-state index in [2.05, 4.69) is 21.6 Å². The number of hydrogen-bond donors (Lipinski definition) is 3. The Balaban J connectivity index is 0.000000406. The molecule has 2 aromatic carbocycles. The molecular formula is C23H22F3N3O5. The third-order valence-electron chi connectivity index (χ3n) is 5.03. The van der Waals surface area contributed by atoms with Crippen LogP contribution in [0.3, 0.4) is 0 Å². The number of carboxylic acid groups (broad SMARTS) is 1. The fraction of sp³-hybridized carbons (Fsp3) is 0.261. The molecule has 2 heterocycles. The van der Waals surface area contributed by atoms with Gasteiger partial charge in [-0.3, -0.25) is 9.89 Å². The molecule has 3 aromatic rings. The molecule has 0 spiro atoms. The van der Waals surface area contributed by atoms with E-state index in [4.69, 9.17) is 19.4 Å². The monoisotopic (exact) mass is 477 g/mol. The largest absolute Gasteiger partial charge is 0.496 e. The van der Waals surface area contributed by atoms with Gasteiger partial charge in [-0.05, 0) is 35.7 Å². The molecule has 4 rings (SSSR count). The van der Waals surface area contributed by atoms with E-state index >= 15 is 0 Å². The molecule has 1 aliphatic heterocycles. The maximum absolute atomic E-state index is 12.7. The number of hydrogen-bond acceptors (Lipinski definition) is 5. The molecule has 0 aliphatic carbocycles. The number of aromatic nitrogens is 2. The lowest BCUT2D eigenvalue weighted by Crippen LogP contribution is -2.34. The number of carbonyl (C=O) groups is 2. The Hall–Kier alpha value is -4.02. The summed E-state index contributed by atoms with van der Waals surface area (Å²) in [5.74, 6) is -1.18. The highest BCUT2D eigenvalue weighted by Gasteiger charge is 2.38. The molecule has 8 nitrogen and oxygen atoms in total. The highest BCUT2D eigenvalue weighted by molar-refractivity contribution is 5.97. The first-order valence-corrected chi connectivity index (χ1v) is 10.1. The Labute approximate surface area is 192 Å². The normalized spacial score (nSPS) is 14.6. The smallest absolute Gasteiger partial charge is 0.490 e. The quantitative estimate of drug-likeness (QED) is 0.517. The second-order valence-corrected chi connectivity index (χ2v) is 7.40. The van der Waals surface area contributed by atoms with E-state index in [1.54, 1.807) is 25.6 Å². The number of carbonyl (C=O) groups excluding carboxylic acids is 1. The summed E-state index contributed by atoms with van der Waals surface area (Å²) in [6.45, 7) is 1.16. The second kappa shape index (κ2) is 10.7. The Kier molecular flexibility index (Phi) is 7.77. The molecule has 1 aromatic heterocycles. The van der Waals surface area contributed by atoms with Gasteiger partial charge in [-0.2, -0.15) is 18.3 Å². The summed E-state index contributed by atoms with van der Waals surface area (Å²) in [6, 6.07) is 13.6. The number of alkyl halides is 3. The van der Waals surface area contributed by atoms with E-state index in [1.807, 2.05) is 30.3 Å². The number of fused-ring (bicyclic) bond motifs is 1. The lowest BCUT2D eigenvalue weighted by Gasteiger charge is -2.25. The van der Waals surface area contributed by atoms with E-state index in [0.717, 1.165) is 23.3 Å². The Morgan fingerprint density at radius 2 is 1.97 bits per heavy atom. The summed E-state index contributed by atoms with van der Waals surface area (Å²) in [5.41, 5.74) is 3.58. The van der Waals surface area contributed by atoms with Gasteiger partial charge in [0.25, 0.3) is 5.91 Å². The SMILES string of the molecule is COc1cc(-c2cn[nH]c2)ccc1C(=O)NCC1COc2ccccc2C1.O=C(O)C(F)(F)F. The Morgan fingerprint density at radius 3 is 2.62 bits per heavy atom. The molecule has 0 saturated heterocycles. The van der Waals surface area contributed by atoms with Crippen molar-refractivity contribution in [2.75, 3.05) is 20.3 Å². The molecule has 0 saturated carbocycles. The number of nitrogens with one attached hydrogen (secondary N) is 2. The third-order valence-corrected chi connectivity index (χ3v) is 5.03. The molecule has 0 fully saturated rings. The number of aliphatic carboxylic acids is 1. The zero-order valence-corrected chi connectivity index (χ0v) is 18.1. The third kappa shape index (κ3) is 6.27. The molecule has 34 heavy (non-hydrogen) atoms. The van der Waals surface area contributed by atoms with Crippen LogP contribution in [0.5, 0.6) is 11.5 Å². The van der Waals surface area contributed by atoms with Gasteiger partial charge in [0.15, 0.2) is 0 Å². The number of para-hydroxylation sites is 1. The predicted molar refractivity (Wildman–Crippen MR) is 116 cm³/mol. The van der Waals surface area contributed by atoms with Crippen LogP contribution >= 0.6 is 0 Å². The number of halogens is 3. The van der Waals surface area contributed by atoms with Crippen LogP contribution < -0.4 is 14.8 Å². The first-order valence-electron chi connectivity index (χ1n) is 10.1. The molecule has 11 heteroatoms. The van der Waals surface area contributed by atoms with Crippen molar-refractivity contribution in [2.45, 2.75) is 12.6 Å². The number of H-pyrrole nitrogens is 1. The number of ether oxygens (including phenoxy) is 2. The van der Waals surface area contributed by atoms with Crippen molar-refractivity contribution in [2.24, 2.45) is 5.92 Å². The topological polar surface area (TPSA) is 114 Å². The molecule has 3 N–H and O–H groups in total. The molecule has 1 aliphatic rings. The summed E-state index contributed by atoms with van der Waals surface area (Å²) in [5, 5.41) is 16.9. The fourth-order valence-electron chi connectivity index (χ4n) is 3.32. The Morgan fingerprint density at radius 1 is 1.24 bits per heavy atom. The lowest BCUT2D eigenvalue weighted by molar-refractivity contribution is -0.192. The van der Waals surface area contributed by atoms with Gasteiger partial charge in [-0.15, -0.1) is 0 Å². The minimum absolute atomic E-state index is 0.149. The van der Waals surface area contributed by atoms with Crippen molar-refractivity contribution in [3.63, 3.8) is 0 Å². The van der Waals surface area contributed by atoms with E-state index in [9.17, 15) is 18.0 Å². The number of methoxy groups -OCH3 is 1. The van der Waals surface area contributed by atoms with E-state index in [0.29, 0.717) is 24.5 Å². The maximum Gasteiger partial charge on any atom is 0.490 e. The van der Waals surface area contributed by atoms with Gasteiger partial charge in [0.2, 0.25) is 0 Å². The molecule has 1 amide bonds. The summed E-state index contributed by atoms with van der Waals surface area (Å²) < 4.78 is 43.0. The minimum atomic E-state index is -5.08. The Bertz CT molecular complexity index is 1130. The average Bonchev–Trinajstić information content (AvgIpc) is 3.37. The number of aromatic amines is 1. The van der Waals surface area contributed by atoms with Gasteiger partial charge in [-0.25, -0.2) is 4.79 Å². The van der Waals surface area contributed by atoms with Crippen molar-refractivity contribution < 1.29 is 37.3 Å². The minimum Gasteiger partial charge on any atom is -0.496 e. The van der Waals surface area contributed by atoms with Crippen molar-refractivity contribution in [1.29, 1.82) is 0 Å². The molecule has 1 atom stereocenters. The summed E-state index contributed by atoms with van der Waals surface area (Å²) in [7, 11) is 1.57.